The van der Waals surface area contributed by atoms with Crippen LogP contribution in [0.1, 0.15) is 77.7 Å². The van der Waals surface area contributed by atoms with E-state index in [1.165, 1.54) is 10.5 Å². The van der Waals surface area contributed by atoms with Gasteiger partial charge in [0, 0.05) is 45.7 Å². The van der Waals surface area contributed by atoms with Crippen molar-refractivity contribution in [3.63, 3.8) is 0 Å². The molecular weight excluding hydrogens is 564 g/mol. The Bertz CT molecular complexity index is 1180. The number of unbranched alkanes of at least 4 members (excludes halogenated alkanes) is 2. The van der Waals surface area contributed by atoms with E-state index in [4.69, 9.17) is 4.74 Å². The Morgan fingerprint density at radius 2 is 1.57 bits per heavy atom. The summed E-state index contributed by atoms with van der Waals surface area (Å²) >= 11 is 0. The number of imide groups is 1. The summed E-state index contributed by atoms with van der Waals surface area (Å²) in [5.74, 6) is -2.22. The minimum absolute atomic E-state index is 0.0632. The Kier molecular flexibility index (Phi) is 11.3. The first-order chi connectivity index (χ1) is 20.9. The highest BCUT2D eigenvalue weighted by atomic mass is 16.6. The molecule has 0 radical (unpaired) electrons. The van der Waals surface area contributed by atoms with E-state index in [9.17, 15) is 29.1 Å². The number of aryl methyl sites for hydroxylation is 1. The van der Waals surface area contributed by atoms with Gasteiger partial charge in [-0.15, -0.1) is 0 Å². The Labute approximate surface area is 260 Å². The highest BCUT2D eigenvalue weighted by Crippen LogP contribution is 2.35. The predicted molar refractivity (Wildman–Crippen MR) is 164 cm³/mol. The fourth-order valence-electron chi connectivity index (χ4n) is 6.42. The highest BCUT2D eigenvalue weighted by Gasteiger charge is 2.55. The van der Waals surface area contributed by atoms with E-state index in [0.717, 1.165) is 43.4 Å². The van der Waals surface area contributed by atoms with Gasteiger partial charge in [0.25, 0.3) is 0 Å². The highest BCUT2D eigenvalue weighted by molar-refractivity contribution is 6.07. The lowest BCUT2D eigenvalue weighted by Gasteiger charge is -2.46. The average Bonchev–Trinajstić information content (AvgIpc) is 2.99. The number of carbonyl (C=O) groups is 5. The van der Waals surface area contributed by atoms with Crippen molar-refractivity contribution >= 4 is 29.9 Å². The van der Waals surface area contributed by atoms with Gasteiger partial charge in [-0.05, 0) is 77.2 Å². The van der Waals surface area contributed by atoms with E-state index in [1.807, 2.05) is 39.0 Å². The molecule has 3 aliphatic heterocycles. The van der Waals surface area contributed by atoms with Gasteiger partial charge in [-0.25, -0.2) is 19.3 Å². The summed E-state index contributed by atoms with van der Waals surface area (Å²) < 4.78 is 5.49. The predicted octanol–water partition coefficient (Wildman–Crippen LogP) is 4.39. The number of carbonyl (C=O) groups excluding carboxylic acids is 4. The molecule has 3 fully saturated rings. The van der Waals surface area contributed by atoms with Gasteiger partial charge in [-0.1, -0.05) is 36.8 Å². The Hall–Kier alpha value is -3.63. The molecule has 3 saturated heterocycles. The number of rotatable bonds is 10. The topological polar surface area (TPSA) is 128 Å². The average molecular weight is 613 g/mol. The minimum Gasteiger partial charge on any atom is -0.480 e. The molecule has 3 aliphatic rings. The number of hydrogen-bond donors (Lipinski definition) is 1. The summed E-state index contributed by atoms with van der Waals surface area (Å²) in [6.45, 7) is 7.86. The van der Waals surface area contributed by atoms with Gasteiger partial charge >= 0.3 is 18.1 Å². The van der Waals surface area contributed by atoms with E-state index < -0.39 is 35.5 Å². The lowest BCUT2D eigenvalue weighted by Crippen LogP contribution is -2.69. The van der Waals surface area contributed by atoms with E-state index in [2.05, 4.69) is 12.1 Å². The first-order valence-electron chi connectivity index (χ1n) is 16.1. The molecule has 1 aromatic rings. The molecule has 44 heavy (non-hydrogen) atoms. The Morgan fingerprint density at radius 3 is 2.23 bits per heavy atom. The fourth-order valence-corrected chi connectivity index (χ4v) is 6.42. The number of nitrogens with zero attached hydrogens (tertiary/aromatic N) is 4. The SMILES string of the molecule is CC(C)(C)OC(=O)N1CCCC(CC[C@H]2C(=O)N(C(=O)N3CCN(C(=O)CCCCCc4ccccc4)CC3)[C@@H]2C(=O)O)C1. The Morgan fingerprint density at radius 1 is 0.886 bits per heavy atom. The van der Waals surface area contributed by atoms with E-state index in [0.29, 0.717) is 45.4 Å². The Balaban J connectivity index is 1.19. The fraction of sp³-hybridized carbons (Fsp3) is 0.667. The number of amides is 5. The number of piperidine rings is 1. The molecule has 0 aliphatic carbocycles. The van der Waals surface area contributed by atoms with Crippen LogP contribution in [0.4, 0.5) is 9.59 Å². The quantitative estimate of drug-likeness (QED) is 0.307. The largest absolute Gasteiger partial charge is 0.480 e. The summed E-state index contributed by atoms with van der Waals surface area (Å²) in [6, 6.07) is 8.49. The summed E-state index contributed by atoms with van der Waals surface area (Å²) in [5, 5.41) is 9.91. The van der Waals surface area contributed by atoms with Gasteiger partial charge in [-0.2, -0.15) is 0 Å². The van der Waals surface area contributed by atoms with Crippen molar-refractivity contribution < 1.29 is 33.8 Å². The van der Waals surface area contributed by atoms with Gasteiger partial charge < -0.3 is 24.5 Å². The van der Waals surface area contributed by atoms with Gasteiger partial charge in [0.15, 0.2) is 6.04 Å². The number of carboxylic acids is 1. The van der Waals surface area contributed by atoms with Gasteiger partial charge in [0.1, 0.15) is 5.60 Å². The van der Waals surface area contributed by atoms with Gasteiger partial charge in [0.2, 0.25) is 11.8 Å². The summed E-state index contributed by atoms with van der Waals surface area (Å²) in [6.07, 6.45) is 6.56. The molecule has 3 atom stereocenters. The number of likely N-dealkylation sites (tertiary alicyclic amines) is 2. The molecule has 1 N–H and O–H groups in total. The van der Waals surface area contributed by atoms with E-state index in [-0.39, 0.29) is 31.0 Å². The lowest BCUT2D eigenvalue weighted by atomic mass is 9.80. The zero-order chi connectivity index (χ0) is 31.9. The van der Waals surface area contributed by atoms with E-state index >= 15 is 0 Å². The standard InChI is InChI=1S/C33H48N4O7/c1-33(2,3)44-32(43)36-18-10-14-25(23-36)16-17-26-28(30(40)41)37(29(26)39)31(42)35-21-19-34(20-22-35)27(38)15-9-5-8-13-24-11-6-4-7-12-24/h4,6-7,11-12,25-26,28H,5,8-10,13-23H2,1-3H3,(H,40,41)/t25?,26-,28+/m1/s1. The van der Waals surface area contributed by atoms with Crippen molar-refractivity contribution in [2.75, 3.05) is 39.3 Å². The molecule has 0 bridgehead atoms. The maximum Gasteiger partial charge on any atom is 0.410 e. The van der Waals surface area contributed by atoms with E-state index in [1.54, 1.807) is 9.80 Å². The van der Waals surface area contributed by atoms with Crippen molar-refractivity contribution in [1.29, 1.82) is 0 Å². The molecule has 4 rings (SSSR count). The zero-order valence-electron chi connectivity index (χ0n) is 26.4. The second kappa shape index (κ2) is 14.9. The molecule has 5 amide bonds. The third-order valence-electron chi connectivity index (χ3n) is 8.83. The van der Waals surface area contributed by atoms with Crippen LogP contribution < -0.4 is 0 Å². The van der Waals surface area contributed by atoms with Crippen LogP contribution in [0.2, 0.25) is 0 Å². The molecule has 11 nitrogen and oxygen atoms in total. The van der Waals surface area contributed by atoms with Crippen LogP contribution in [0.25, 0.3) is 0 Å². The number of urea groups is 1. The number of ether oxygens (including phenoxy) is 1. The number of aliphatic carboxylic acids is 1. The van der Waals surface area contributed by atoms with Crippen LogP contribution in [0.3, 0.4) is 0 Å². The number of benzene rings is 1. The normalized spacial score (nSPS) is 22.4. The van der Waals surface area contributed by atoms with Crippen LogP contribution in [-0.2, 0) is 25.5 Å². The van der Waals surface area contributed by atoms with Crippen molar-refractivity contribution in [1.82, 2.24) is 19.6 Å². The van der Waals surface area contributed by atoms with Crippen molar-refractivity contribution in [3.05, 3.63) is 35.9 Å². The number of piperazine rings is 1. The van der Waals surface area contributed by atoms with Crippen molar-refractivity contribution in [2.45, 2.75) is 90.2 Å². The van der Waals surface area contributed by atoms with Crippen LogP contribution in [0.15, 0.2) is 30.3 Å². The second-order valence-electron chi connectivity index (χ2n) is 13.3. The van der Waals surface area contributed by atoms with Crippen LogP contribution in [0.5, 0.6) is 0 Å². The molecular formula is C33H48N4O7. The summed E-state index contributed by atoms with van der Waals surface area (Å²) in [7, 11) is 0. The van der Waals surface area contributed by atoms with Crippen LogP contribution in [0, 0.1) is 11.8 Å². The molecule has 0 saturated carbocycles. The number of carboxylic acid groups (broad SMARTS) is 1. The molecule has 0 aromatic heterocycles. The lowest BCUT2D eigenvalue weighted by molar-refractivity contribution is -0.167. The molecule has 1 aromatic carbocycles. The molecule has 0 spiro atoms. The van der Waals surface area contributed by atoms with Crippen molar-refractivity contribution in [2.24, 2.45) is 11.8 Å². The second-order valence-corrected chi connectivity index (χ2v) is 13.3. The number of β-lactam (4-membered cyclic amide) rings is 1. The van der Waals surface area contributed by atoms with Gasteiger partial charge in [0.05, 0.1) is 5.92 Å². The summed E-state index contributed by atoms with van der Waals surface area (Å²) in [5.41, 5.74) is 0.713. The summed E-state index contributed by atoms with van der Waals surface area (Å²) in [4.78, 5) is 69.5. The first kappa shape index (κ1) is 33.3. The molecule has 242 valence electrons. The molecule has 3 heterocycles. The zero-order valence-corrected chi connectivity index (χ0v) is 26.4. The molecule has 1 unspecified atom stereocenters. The monoisotopic (exact) mass is 612 g/mol. The minimum atomic E-state index is -1.20. The van der Waals surface area contributed by atoms with Gasteiger partial charge in [-0.3, -0.25) is 9.59 Å². The van der Waals surface area contributed by atoms with Crippen LogP contribution in [-0.4, -0.2) is 106 Å². The third-order valence-corrected chi connectivity index (χ3v) is 8.83. The van der Waals surface area contributed by atoms with Crippen LogP contribution >= 0.6 is 0 Å². The third kappa shape index (κ3) is 8.72. The maximum atomic E-state index is 13.2. The number of hydrogen-bond acceptors (Lipinski definition) is 6. The van der Waals surface area contributed by atoms with Crippen molar-refractivity contribution in [3.8, 4) is 0 Å². The smallest absolute Gasteiger partial charge is 0.410 e. The maximum absolute atomic E-state index is 13.2. The first-order valence-corrected chi connectivity index (χ1v) is 16.1. The molecule has 11 heteroatoms.